The van der Waals surface area contributed by atoms with Crippen LogP contribution in [0.3, 0.4) is 0 Å². The fraction of sp³-hybridized carbons (Fsp3) is 0.667. The molecular weight excluding hydrogens is 194 g/mol. The molecule has 1 heterocycles. The SMILES string of the molecule is Br.CC(N)N1C=CN(C)C1. The zero-order chi connectivity index (χ0) is 6.85. The number of rotatable bonds is 1. The Hall–Kier alpha value is -0.220. The largest absolute Gasteiger partial charge is 0.362 e. The van der Waals surface area contributed by atoms with E-state index in [0.717, 1.165) is 6.67 Å². The monoisotopic (exact) mass is 207 g/mol. The van der Waals surface area contributed by atoms with Crippen LogP contribution in [0.15, 0.2) is 12.4 Å². The van der Waals surface area contributed by atoms with Gasteiger partial charge in [-0.15, -0.1) is 17.0 Å². The minimum atomic E-state index is 0. The molecule has 0 saturated heterocycles. The number of nitrogens with zero attached hydrogens (tertiary/aromatic N) is 2. The normalized spacial score (nSPS) is 19.1. The van der Waals surface area contributed by atoms with Crippen LogP contribution in [-0.4, -0.2) is 29.7 Å². The van der Waals surface area contributed by atoms with Crippen molar-refractivity contribution in [2.75, 3.05) is 13.7 Å². The van der Waals surface area contributed by atoms with E-state index in [9.17, 15) is 0 Å². The summed E-state index contributed by atoms with van der Waals surface area (Å²) in [5.74, 6) is 0. The van der Waals surface area contributed by atoms with E-state index in [1.165, 1.54) is 0 Å². The van der Waals surface area contributed by atoms with Crippen molar-refractivity contribution in [3.8, 4) is 0 Å². The molecule has 0 aromatic carbocycles. The molecule has 60 valence electrons. The summed E-state index contributed by atoms with van der Waals surface area (Å²) in [6.45, 7) is 2.89. The molecule has 0 aromatic heterocycles. The van der Waals surface area contributed by atoms with Crippen molar-refractivity contribution >= 4 is 17.0 Å². The molecule has 1 atom stereocenters. The number of halogens is 1. The zero-order valence-electron chi connectivity index (χ0n) is 6.32. The second kappa shape index (κ2) is 3.83. The van der Waals surface area contributed by atoms with Gasteiger partial charge in [0.15, 0.2) is 0 Å². The van der Waals surface area contributed by atoms with Crippen molar-refractivity contribution < 1.29 is 0 Å². The first-order valence-electron chi connectivity index (χ1n) is 3.10. The van der Waals surface area contributed by atoms with Gasteiger partial charge in [-0.1, -0.05) is 0 Å². The van der Waals surface area contributed by atoms with Gasteiger partial charge in [0.05, 0.1) is 12.8 Å². The number of hydrogen-bond donors (Lipinski definition) is 1. The Kier molecular flexibility index (Phi) is 3.75. The Labute approximate surface area is 72.2 Å². The van der Waals surface area contributed by atoms with Gasteiger partial charge >= 0.3 is 0 Å². The third kappa shape index (κ3) is 2.19. The van der Waals surface area contributed by atoms with Gasteiger partial charge in [0.1, 0.15) is 0 Å². The molecule has 0 fully saturated rings. The molecule has 4 heteroatoms. The highest BCUT2D eigenvalue weighted by Gasteiger charge is 2.10. The maximum absolute atomic E-state index is 5.61. The van der Waals surface area contributed by atoms with Gasteiger partial charge in [-0.05, 0) is 6.92 Å². The molecule has 0 bridgehead atoms. The second-order valence-corrected chi connectivity index (χ2v) is 2.45. The van der Waals surface area contributed by atoms with E-state index in [4.69, 9.17) is 5.73 Å². The molecule has 2 N–H and O–H groups in total. The van der Waals surface area contributed by atoms with Crippen molar-refractivity contribution in [2.24, 2.45) is 5.73 Å². The summed E-state index contributed by atoms with van der Waals surface area (Å²) in [5, 5.41) is 0. The Bertz CT molecular complexity index is 124. The molecule has 1 unspecified atom stereocenters. The summed E-state index contributed by atoms with van der Waals surface area (Å²) in [4.78, 5) is 4.16. The van der Waals surface area contributed by atoms with Crippen LogP contribution in [0, 0.1) is 0 Å². The lowest BCUT2D eigenvalue weighted by molar-refractivity contribution is 0.246. The second-order valence-electron chi connectivity index (χ2n) is 2.45. The quantitative estimate of drug-likeness (QED) is 0.682. The Morgan fingerprint density at radius 1 is 1.50 bits per heavy atom. The van der Waals surface area contributed by atoms with Crippen molar-refractivity contribution in [2.45, 2.75) is 13.1 Å². The summed E-state index contributed by atoms with van der Waals surface area (Å²) < 4.78 is 0. The van der Waals surface area contributed by atoms with Crippen LogP contribution < -0.4 is 5.73 Å². The van der Waals surface area contributed by atoms with Crippen LogP contribution in [0.25, 0.3) is 0 Å². The molecule has 0 aromatic rings. The van der Waals surface area contributed by atoms with E-state index in [2.05, 4.69) is 9.80 Å². The summed E-state index contributed by atoms with van der Waals surface area (Å²) >= 11 is 0. The zero-order valence-corrected chi connectivity index (χ0v) is 8.03. The third-order valence-corrected chi connectivity index (χ3v) is 1.42. The Morgan fingerprint density at radius 2 is 2.10 bits per heavy atom. The van der Waals surface area contributed by atoms with E-state index < -0.39 is 0 Å². The standard InChI is InChI=1S/C6H13N3.BrH/c1-6(7)9-4-3-8(2)5-9;/h3-4,6H,5,7H2,1-2H3;1H. The Morgan fingerprint density at radius 3 is 2.30 bits per heavy atom. The minimum Gasteiger partial charge on any atom is -0.362 e. The molecular formula is C6H14BrN3. The van der Waals surface area contributed by atoms with Gasteiger partial charge in [-0.25, -0.2) is 0 Å². The number of nitrogens with two attached hydrogens (primary N) is 1. The first-order valence-corrected chi connectivity index (χ1v) is 3.10. The lowest BCUT2D eigenvalue weighted by Crippen LogP contribution is -2.36. The highest BCUT2D eigenvalue weighted by atomic mass is 79.9. The van der Waals surface area contributed by atoms with Crippen LogP contribution in [-0.2, 0) is 0 Å². The Balaban J connectivity index is 0.000000810. The first kappa shape index (κ1) is 9.78. The minimum absolute atomic E-state index is 0. The summed E-state index contributed by atoms with van der Waals surface area (Å²) in [6.07, 6.45) is 4.15. The van der Waals surface area contributed by atoms with Crippen LogP contribution >= 0.6 is 17.0 Å². The molecule has 1 rings (SSSR count). The van der Waals surface area contributed by atoms with E-state index in [1.54, 1.807) is 0 Å². The van der Waals surface area contributed by atoms with Gasteiger partial charge in [-0.3, -0.25) is 0 Å². The number of hydrogen-bond acceptors (Lipinski definition) is 3. The van der Waals surface area contributed by atoms with E-state index in [1.807, 2.05) is 26.4 Å². The van der Waals surface area contributed by atoms with Crippen LogP contribution in [0.4, 0.5) is 0 Å². The lowest BCUT2D eigenvalue weighted by atomic mass is 10.5. The van der Waals surface area contributed by atoms with Crippen molar-refractivity contribution in [1.29, 1.82) is 0 Å². The third-order valence-electron chi connectivity index (χ3n) is 1.42. The average Bonchev–Trinajstić information content (AvgIpc) is 2.14. The molecule has 0 radical (unpaired) electrons. The van der Waals surface area contributed by atoms with E-state index in [0.29, 0.717) is 0 Å². The molecule has 0 amide bonds. The van der Waals surface area contributed by atoms with Crippen LogP contribution in [0.2, 0.25) is 0 Å². The van der Waals surface area contributed by atoms with Crippen molar-refractivity contribution in [1.82, 2.24) is 9.80 Å². The fourth-order valence-electron chi connectivity index (χ4n) is 0.816. The molecule has 1 aliphatic heterocycles. The molecule has 0 spiro atoms. The fourth-order valence-corrected chi connectivity index (χ4v) is 0.816. The van der Waals surface area contributed by atoms with Gasteiger partial charge in [0.2, 0.25) is 0 Å². The van der Waals surface area contributed by atoms with Gasteiger partial charge < -0.3 is 15.5 Å². The molecule has 1 aliphatic rings. The van der Waals surface area contributed by atoms with Gasteiger partial charge in [0, 0.05) is 19.4 Å². The molecule has 3 nitrogen and oxygen atoms in total. The van der Waals surface area contributed by atoms with Crippen LogP contribution in [0.1, 0.15) is 6.92 Å². The summed E-state index contributed by atoms with van der Waals surface area (Å²) in [5.41, 5.74) is 5.61. The predicted molar refractivity (Wildman–Crippen MR) is 47.6 cm³/mol. The van der Waals surface area contributed by atoms with E-state index >= 15 is 0 Å². The molecule has 10 heavy (non-hydrogen) atoms. The summed E-state index contributed by atoms with van der Waals surface area (Å²) in [7, 11) is 2.03. The van der Waals surface area contributed by atoms with Crippen molar-refractivity contribution in [3.63, 3.8) is 0 Å². The maximum atomic E-state index is 5.61. The molecule has 0 aliphatic carbocycles. The predicted octanol–water partition coefficient (Wildman–Crippen LogP) is 0.545. The molecule has 0 saturated carbocycles. The highest BCUT2D eigenvalue weighted by molar-refractivity contribution is 8.93. The highest BCUT2D eigenvalue weighted by Crippen LogP contribution is 2.04. The van der Waals surface area contributed by atoms with Crippen molar-refractivity contribution in [3.05, 3.63) is 12.4 Å². The summed E-state index contributed by atoms with van der Waals surface area (Å²) in [6, 6.07) is 0. The van der Waals surface area contributed by atoms with E-state index in [-0.39, 0.29) is 23.1 Å². The van der Waals surface area contributed by atoms with Crippen LogP contribution in [0.5, 0.6) is 0 Å². The van der Waals surface area contributed by atoms with Gasteiger partial charge in [0.25, 0.3) is 0 Å². The maximum Gasteiger partial charge on any atom is 0.0905 e. The lowest BCUT2D eigenvalue weighted by Gasteiger charge is -2.21. The first-order chi connectivity index (χ1) is 4.20. The van der Waals surface area contributed by atoms with Gasteiger partial charge in [-0.2, -0.15) is 0 Å². The smallest absolute Gasteiger partial charge is 0.0905 e. The topological polar surface area (TPSA) is 32.5 Å². The average molecular weight is 208 g/mol.